The Hall–Kier alpha value is -1.40. The molecule has 122 valence electrons. The number of carbonyl (C=O) groups excluding carboxylic acids is 1. The predicted molar refractivity (Wildman–Crippen MR) is 81.4 cm³/mol. The van der Waals surface area contributed by atoms with Crippen LogP contribution in [0.4, 0.5) is 0 Å². The number of carbonyl (C=O) groups is 1. The van der Waals surface area contributed by atoms with E-state index in [0.717, 1.165) is 56.4 Å². The molecule has 1 aromatic heterocycles. The van der Waals surface area contributed by atoms with Gasteiger partial charge in [0.25, 0.3) is 0 Å². The van der Waals surface area contributed by atoms with Gasteiger partial charge in [-0.25, -0.2) is 4.98 Å². The minimum atomic E-state index is 0.101. The van der Waals surface area contributed by atoms with E-state index in [9.17, 15) is 4.79 Å². The number of amides is 1. The highest BCUT2D eigenvalue weighted by Crippen LogP contribution is 2.21. The first-order valence-corrected chi connectivity index (χ1v) is 8.15. The molecule has 0 aromatic carbocycles. The fraction of sp³-hybridized carbons (Fsp3) is 0.750. The summed E-state index contributed by atoms with van der Waals surface area (Å²) in [6.07, 6.45) is 2.04. The maximum atomic E-state index is 12.6. The lowest BCUT2D eigenvalue weighted by atomic mass is 9.96. The second kappa shape index (κ2) is 6.79. The van der Waals surface area contributed by atoms with Gasteiger partial charge in [0.1, 0.15) is 5.76 Å². The lowest BCUT2D eigenvalue weighted by molar-refractivity contribution is -0.141. The first kappa shape index (κ1) is 15.5. The molecule has 3 rings (SSSR count). The molecule has 22 heavy (non-hydrogen) atoms. The highest BCUT2D eigenvalue weighted by molar-refractivity contribution is 5.79. The number of aromatic nitrogens is 1. The second-order valence-corrected chi connectivity index (χ2v) is 6.26. The molecule has 0 saturated carbocycles. The summed E-state index contributed by atoms with van der Waals surface area (Å²) in [5, 5.41) is 0. The number of likely N-dealkylation sites (tertiary alicyclic amines) is 1. The van der Waals surface area contributed by atoms with Gasteiger partial charge in [-0.3, -0.25) is 9.69 Å². The minimum absolute atomic E-state index is 0.101. The highest BCUT2D eigenvalue weighted by atomic mass is 16.5. The summed E-state index contributed by atoms with van der Waals surface area (Å²) in [6, 6.07) is 0. The number of morpholine rings is 1. The van der Waals surface area contributed by atoms with E-state index < -0.39 is 0 Å². The van der Waals surface area contributed by atoms with Gasteiger partial charge < -0.3 is 14.1 Å². The van der Waals surface area contributed by atoms with Crippen LogP contribution in [0.15, 0.2) is 4.42 Å². The fourth-order valence-corrected chi connectivity index (χ4v) is 3.24. The maximum absolute atomic E-state index is 12.6. The molecule has 0 N–H and O–H groups in total. The molecule has 1 aromatic rings. The van der Waals surface area contributed by atoms with Crippen LogP contribution in [0.2, 0.25) is 0 Å². The third-order valence-electron chi connectivity index (χ3n) is 4.61. The molecule has 2 aliphatic rings. The summed E-state index contributed by atoms with van der Waals surface area (Å²) < 4.78 is 11.0. The SMILES string of the molecule is Cc1nc(CN2CCCC(C(=O)N3CCOCC3)C2)oc1C. The number of hydrogen-bond acceptors (Lipinski definition) is 5. The number of piperidine rings is 1. The van der Waals surface area contributed by atoms with Gasteiger partial charge in [0.05, 0.1) is 31.4 Å². The van der Waals surface area contributed by atoms with Gasteiger partial charge in [-0.05, 0) is 33.2 Å². The monoisotopic (exact) mass is 307 g/mol. The van der Waals surface area contributed by atoms with Gasteiger partial charge in [0.15, 0.2) is 0 Å². The lowest BCUT2D eigenvalue weighted by Gasteiger charge is -2.35. The van der Waals surface area contributed by atoms with Crippen LogP contribution in [-0.4, -0.2) is 60.1 Å². The molecule has 0 aliphatic carbocycles. The van der Waals surface area contributed by atoms with Gasteiger partial charge >= 0.3 is 0 Å². The van der Waals surface area contributed by atoms with Crippen LogP contribution in [0.1, 0.15) is 30.2 Å². The smallest absolute Gasteiger partial charge is 0.227 e. The van der Waals surface area contributed by atoms with E-state index in [2.05, 4.69) is 9.88 Å². The molecule has 2 saturated heterocycles. The van der Waals surface area contributed by atoms with E-state index in [1.807, 2.05) is 18.7 Å². The molecule has 1 unspecified atom stereocenters. The quantitative estimate of drug-likeness (QED) is 0.844. The van der Waals surface area contributed by atoms with Crippen molar-refractivity contribution in [2.24, 2.45) is 5.92 Å². The Labute approximate surface area is 131 Å². The number of rotatable bonds is 3. The molecule has 6 nitrogen and oxygen atoms in total. The average Bonchev–Trinajstić information content (AvgIpc) is 2.85. The van der Waals surface area contributed by atoms with Crippen LogP contribution >= 0.6 is 0 Å². The first-order valence-electron chi connectivity index (χ1n) is 8.15. The molecule has 3 heterocycles. The summed E-state index contributed by atoms with van der Waals surface area (Å²) in [5.41, 5.74) is 0.952. The Bertz CT molecular complexity index is 503. The Morgan fingerprint density at radius 1 is 1.27 bits per heavy atom. The zero-order valence-corrected chi connectivity index (χ0v) is 13.5. The van der Waals surface area contributed by atoms with Gasteiger partial charge in [0, 0.05) is 19.6 Å². The van der Waals surface area contributed by atoms with Gasteiger partial charge in [-0.1, -0.05) is 0 Å². The second-order valence-electron chi connectivity index (χ2n) is 6.26. The Morgan fingerprint density at radius 3 is 2.73 bits per heavy atom. The van der Waals surface area contributed by atoms with Crippen molar-refractivity contribution >= 4 is 5.91 Å². The molecule has 2 aliphatic heterocycles. The van der Waals surface area contributed by atoms with Crippen molar-refractivity contribution in [1.29, 1.82) is 0 Å². The van der Waals surface area contributed by atoms with Crippen LogP contribution in [0.25, 0.3) is 0 Å². The molecule has 0 radical (unpaired) electrons. The number of ether oxygens (including phenoxy) is 1. The third kappa shape index (κ3) is 3.50. The Kier molecular flexibility index (Phi) is 4.78. The van der Waals surface area contributed by atoms with E-state index in [4.69, 9.17) is 9.15 Å². The Morgan fingerprint density at radius 2 is 2.05 bits per heavy atom. The van der Waals surface area contributed by atoms with Crippen molar-refractivity contribution < 1.29 is 13.9 Å². The molecule has 0 bridgehead atoms. The third-order valence-corrected chi connectivity index (χ3v) is 4.61. The topological polar surface area (TPSA) is 58.8 Å². The molecule has 1 amide bonds. The van der Waals surface area contributed by atoms with E-state index in [-0.39, 0.29) is 11.8 Å². The lowest BCUT2D eigenvalue weighted by Crippen LogP contribution is -2.48. The van der Waals surface area contributed by atoms with Crippen molar-refractivity contribution in [3.8, 4) is 0 Å². The molecule has 1 atom stereocenters. The minimum Gasteiger partial charge on any atom is -0.444 e. The summed E-state index contributed by atoms with van der Waals surface area (Å²) in [5.74, 6) is 2.03. The van der Waals surface area contributed by atoms with Crippen molar-refractivity contribution in [1.82, 2.24) is 14.8 Å². The molecular formula is C16H25N3O3. The summed E-state index contributed by atoms with van der Waals surface area (Å²) in [6.45, 7) is 9.19. The van der Waals surface area contributed by atoms with Crippen LogP contribution in [0.5, 0.6) is 0 Å². The van der Waals surface area contributed by atoms with Gasteiger partial charge in [0.2, 0.25) is 11.8 Å². The first-order chi connectivity index (χ1) is 10.6. The number of hydrogen-bond donors (Lipinski definition) is 0. The van der Waals surface area contributed by atoms with Crippen LogP contribution in [0, 0.1) is 19.8 Å². The number of aryl methyl sites for hydroxylation is 2. The van der Waals surface area contributed by atoms with Crippen molar-refractivity contribution in [3.63, 3.8) is 0 Å². The normalized spacial score (nSPS) is 23.7. The van der Waals surface area contributed by atoms with Gasteiger partial charge in [-0.2, -0.15) is 0 Å². The van der Waals surface area contributed by atoms with Crippen LogP contribution < -0.4 is 0 Å². The van der Waals surface area contributed by atoms with Gasteiger partial charge in [-0.15, -0.1) is 0 Å². The van der Waals surface area contributed by atoms with E-state index in [1.165, 1.54) is 0 Å². The fourth-order valence-electron chi connectivity index (χ4n) is 3.24. The number of nitrogens with zero attached hydrogens (tertiary/aromatic N) is 3. The zero-order chi connectivity index (χ0) is 15.5. The molecule has 2 fully saturated rings. The molecular weight excluding hydrogens is 282 g/mol. The standard InChI is InChI=1S/C16H25N3O3/c1-12-13(2)22-15(17-12)11-18-5-3-4-14(10-18)16(20)19-6-8-21-9-7-19/h14H,3-11H2,1-2H3. The average molecular weight is 307 g/mol. The van der Waals surface area contributed by atoms with Crippen molar-refractivity contribution in [3.05, 3.63) is 17.3 Å². The van der Waals surface area contributed by atoms with E-state index in [0.29, 0.717) is 19.8 Å². The summed E-state index contributed by atoms with van der Waals surface area (Å²) in [7, 11) is 0. The summed E-state index contributed by atoms with van der Waals surface area (Å²) in [4.78, 5) is 21.3. The molecule has 6 heteroatoms. The largest absolute Gasteiger partial charge is 0.444 e. The van der Waals surface area contributed by atoms with E-state index in [1.54, 1.807) is 0 Å². The van der Waals surface area contributed by atoms with E-state index >= 15 is 0 Å². The number of oxazole rings is 1. The van der Waals surface area contributed by atoms with Crippen LogP contribution in [-0.2, 0) is 16.1 Å². The molecule has 0 spiro atoms. The van der Waals surface area contributed by atoms with Crippen molar-refractivity contribution in [2.45, 2.75) is 33.2 Å². The Balaban J connectivity index is 1.57. The highest BCUT2D eigenvalue weighted by Gasteiger charge is 2.30. The predicted octanol–water partition coefficient (Wildman–Crippen LogP) is 1.36. The maximum Gasteiger partial charge on any atom is 0.227 e. The van der Waals surface area contributed by atoms with Crippen LogP contribution in [0.3, 0.4) is 0 Å². The zero-order valence-electron chi connectivity index (χ0n) is 13.5. The van der Waals surface area contributed by atoms with Crippen molar-refractivity contribution in [2.75, 3.05) is 39.4 Å². The summed E-state index contributed by atoms with van der Waals surface area (Å²) >= 11 is 0.